The van der Waals surface area contributed by atoms with Gasteiger partial charge >= 0.3 is 0 Å². The molecule has 1 aromatic rings. The maximum atomic E-state index is 13.0. The molecule has 2 atom stereocenters. The Hall–Kier alpha value is -1.21. The van der Waals surface area contributed by atoms with Crippen molar-refractivity contribution in [2.24, 2.45) is 0 Å². The van der Waals surface area contributed by atoms with Crippen molar-refractivity contribution < 1.29 is 24.4 Å². The molecule has 1 heterocycles. The summed E-state index contributed by atoms with van der Waals surface area (Å²) in [5.41, 5.74) is -2.12. The number of aliphatic hydroxyl groups is 3. The van der Waals surface area contributed by atoms with E-state index in [9.17, 15) is 19.7 Å². The van der Waals surface area contributed by atoms with Crippen molar-refractivity contribution in [3.8, 4) is 5.75 Å². The van der Waals surface area contributed by atoms with Crippen LogP contribution in [0.1, 0.15) is 44.9 Å². The van der Waals surface area contributed by atoms with E-state index in [-0.39, 0.29) is 19.0 Å². The molecule has 0 spiro atoms. The Balaban J connectivity index is 1.60. The maximum Gasteiger partial charge on any atom is 0.137 e. The van der Waals surface area contributed by atoms with Gasteiger partial charge in [-0.25, -0.2) is 4.39 Å². The molecule has 6 heteroatoms. The summed E-state index contributed by atoms with van der Waals surface area (Å²) in [6.45, 7) is 1.33. The van der Waals surface area contributed by atoms with Crippen LogP contribution in [0.3, 0.4) is 0 Å². The first-order chi connectivity index (χ1) is 12.4. The summed E-state index contributed by atoms with van der Waals surface area (Å²) in [6, 6.07) is 5.59. The molecule has 1 saturated heterocycles. The number of benzene rings is 1. The van der Waals surface area contributed by atoms with Crippen LogP contribution in [0.5, 0.6) is 5.75 Å². The van der Waals surface area contributed by atoms with E-state index < -0.39 is 17.3 Å². The van der Waals surface area contributed by atoms with Gasteiger partial charge in [-0.2, -0.15) is 0 Å². The summed E-state index contributed by atoms with van der Waals surface area (Å²) < 4.78 is 18.6. The van der Waals surface area contributed by atoms with Crippen LogP contribution in [0.15, 0.2) is 24.3 Å². The van der Waals surface area contributed by atoms with Gasteiger partial charge in [-0.05, 0) is 43.5 Å². The summed E-state index contributed by atoms with van der Waals surface area (Å²) >= 11 is 0. The normalized spacial score (nSPS) is 29.9. The van der Waals surface area contributed by atoms with Crippen LogP contribution in [0.25, 0.3) is 0 Å². The average Bonchev–Trinajstić information content (AvgIpc) is 2.82. The number of hydrogen-bond donors (Lipinski definition) is 3. The molecule has 0 unspecified atom stereocenters. The third-order valence-corrected chi connectivity index (χ3v) is 5.69. The van der Waals surface area contributed by atoms with Gasteiger partial charge in [-0.3, -0.25) is 4.90 Å². The third kappa shape index (κ3) is 4.94. The zero-order valence-electron chi connectivity index (χ0n) is 15.2. The molecule has 26 heavy (non-hydrogen) atoms. The molecule has 0 bridgehead atoms. The summed E-state index contributed by atoms with van der Waals surface area (Å²) in [5.74, 6) is 0.100. The van der Waals surface area contributed by atoms with Crippen molar-refractivity contribution in [2.75, 3.05) is 26.2 Å². The molecule has 0 aromatic heterocycles. The van der Waals surface area contributed by atoms with Gasteiger partial charge in [0.1, 0.15) is 23.8 Å². The lowest BCUT2D eigenvalue weighted by atomic mass is 9.87. The third-order valence-electron chi connectivity index (χ3n) is 5.69. The van der Waals surface area contributed by atoms with Crippen LogP contribution in [0, 0.1) is 5.82 Å². The number of hydrogen-bond acceptors (Lipinski definition) is 5. The van der Waals surface area contributed by atoms with E-state index >= 15 is 0 Å². The standard InChI is InChI=1S/C20H30FNO4/c21-16-5-7-17(8-6-16)26-15-20(25)14-22(12-9-18(20)23)13-19(24)10-3-1-2-4-11-19/h5-8,18,23-25H,1-4,9-15H2/t18-,20-/m0/s1. The van der Waals surface area contributed by atoms with Gasteiger partial charge in [0.2, 0.25) is 0 Å². The van der Waals surface area contributed by atoms with Crippen LogP contribution in [0.4, 0.5) is 4.39 Å². The molecule has 1 saturated carbocycles. The second kappa shape index (κ2) is 8.21. The highest BCUT2D eigenvalue weighted by Gasteiger charge is 2.43. The van der Waals surface area contributed by atoms with Crippen molar-refractivity contribution in [1.82, 2.24) is 4.90 Å². The van der Waals surface area contributed by atoms with Gasteiger partial charge in [0.05, 0.1) is 11.7 Å². The van der Waals surface area contributed by atoms with Gasteiger partial charge in [0.25, 0.3) is 0 Å². The Kier molecular flexibility index (Phi) is 6.17. The highest BCUT2D eigenvalue weighted by atomic mass is 19.1. The molecular formula is C20H30FNO4. The quantitative estimate of drug-likeness (QED) is 0.695. The molecule has 5 nitrogen and oxygen atoms in total. The van der Waals surface area contributed by atoms with Crippen LogP contribution >= 0.6 is 0 Å². The minimum Gasteiger partial charge on any atom is -0.490 e. The van der Waals surface area contributed by atoms with Gasteiger partial charge in [-0.1, -0.05) is 25.7 Å². The average molecular weight is 367 g/mol. The van der Waals surface area contributed by atoms with Crippen molar-refractivity contribution in [1.29, 1.82) is 0 Å². The molecule has 1 aliphatic carbocycles. The van der Waals surface area contributed by atoms with Crippen molar-refractivity contribution in [3.05, 3.63) is 30.1 Å². The fraction of sp³-hybridized carbons (Fsp3) is 0.700. The second-order valence-corrected chi connectivity index (χ2v) is 8.00. The number of nitrogens with zero attached hydrogens (tertiary/aromatic N) is 1. The molecule has 0 amide bonds. The molecule has 3 N–H and O–H groups in total. The van der Waals surface area contributed by atoms with E-state index in [0.29, 0.717) is 25.3 Å². The fourth-order valence-corrected chi connectivity index (χ4v) is 4.12. The van der Waals surface area contributed by atoms with Crippen molar-refractivity contribution in [2.45, 2.75) is 62.3 Å². The number of halogens is 1. The zero-order valence-corrected chi connectivity index (χ0v) is 15.2. The second-order valence-electron chi connectivity index (χ2n) is 8.00. The number of rotatable bonds is 5. The lowest BCUT2D eigenvalue weighted by molar-refractivity contribution is -0.148. The van der Waals surface area contributed by atoms with Crippen LogP contribution in [0.2, 0.25) is 0 Å². The Bertz CT molecular complexity index is 574. The molecule has 1 aliphatic heterocycles. The summed E-state index contributed by atoms with van der Waals surface area (Å²) in [4.78, 5) is 2.03. The lowest BCUT2D eigenvalue weighted by Crippen LogP contribution is -2.61. The van der Waals surface area contributed by atoms with Gasteiger partial charge in [-0.15, -0.1) is 0 Å². The van der Waals surface area contributed by atoms with Crippen LogP contribution in [-0.4, -0.2) is 63.8 Å². The molecule has 0 radical (unpaired) electrons. The van der Waals surface area contributed by atoms with Gasteiger partial charge in [0.15, 0.2) is 0 Å². The van der Waals surface area contributed by atoms with E-state index in [4.69, 9.17) is 4.74 Å². The minimum atomic E-state index is -1.41. The molecule has 1 aromatic carbocycles. The van der Waals surface area contributed by atoms with E-state index in [1.54, 1.807) is 0 Å². The Morgan fingerprint density at radius 2 is 1.73 bits per heavy atom. The first-order valence-corrected chi connectivity index (χ1v) is 9.62. The summed E-state index contributed by atoms with van der Waals surface area (Å²) in [7, 11) is 0. The van der Waals surface area contributed by atoms with Gasteiger partial charge < -0.3 is 20.1 Å². The van der Waals surface area contributed by atoms with Gasteiger partial charge in [0, 0.05) is 19.6 Å². The van der Waals surface area contributed by atoms with E-state index in [0.717, 1.165) is 38.5 Å². The van der Waals surface area contributed by atoms with Crippen molar-refractivity contribution >= 4 is 0 Å². The topological polar surface area (TPSA) is 73.2 Å². The maximum absolute atomic E-state index is 13.0. The molecule has 2 aliphatic rings. The Morgan fingerprint density at radius 3 is 2.38 bits per heavy atom. The summed E-state index contributed by atoms with van der Waals surface area (Å²) in [6.07, 6.45) is 5.51. The number of piperidine rings is 1. The smallest absolute Gasteiger partial charge is 0.137 e. The molecule has 3 rings (SSSR count). The van der Waals surface area contributed by atoms with Crippen LogP contribution < -0.4 is 4.74 Å². The number of aliphatic hydroxyl groups excluding tert-OH is 1. The van der Waals surface area contributed by atoms with E-state index in [1.165, 1.54) is 24.3 Å². The summed E-state index contributed by atoms with van der Waals surface area (Å²) in [5, 5.41) is 32.1. The molecule has 2 fully saturated rings. The first-order valence-electron chi connectivity index (χ1n) is 9.62. The highest BCUT2D eigenvalue weighted by Crippen LogP contribution is 2.30. The number of β-amino-alcohol motifs (C(OH)–C–C–N with tert-alkyl or cyclic N) is 2. The molecule has 146 valence electrons. The Labute approximate surface area is 154 Å². The lowest BCUT2D eigenvalue weighted by Gasteiger charge is -2.44. The highest BCUT2D eigenvalue weighted by molar-refractivity contribution is 5.22. The monoisotopic (exact) mass is 367 g/mol. The van der Waals surface area contributed by atoms with E-state index in [1.807, 2.05) is 4.90 Å². The van der Waals surface area contributed by atoms with Crippen LogP contribution in [-0.2, 0) is 0 Å². The Morgan fingerprint density at radius 1 is 1.08 bits per heavy atom. The fourth-order valence-electron chi connectivity index (χ4n) is 4.12. The van der Waals surface area contributed by atoms with Crippen molar-refractivity contribution in [3.63, 3.8) is 0 Å². The number of likely N-dealkylation sites (tertiary alicyclic amines) is 1. The first kappa shape index (κ1) is 19.5. The predicted octanol–water partition coefficient (Wildman–Crippen LogP) is 2.09. The SMILES string of the molecule is O[C@H]1CCN(CC2(O)CCCCCC2)C[C@]1(O)COc1ccc(F)cc1. The number of ether oxygens (including phenoxy) is 1. The zero-order chi connectivity index (χ0) is 18.6. The minimum absolute atomic E-state index is 0.0747. The largest absolute Gasteiger partial charge is 0.490 e. The predicted molar refractivity (Wildman–Crippen MR) is 96.6 cm³/mol. The molecular weight excluding hydrogens is 337 g/mol. The van der Waals surface area contributed by atoms with E-state index in [2.05, 4.69) is 0 Å².